The summed E-state index contributed by atoms with van der Waals surface area (Å²) in [6, 6.07) is 3.62. The number of hydrogen-bond donors (Lipinski definition) is 0. The number of ether oxygens (including phenoxy) is 1. The lowest BCUT2D eigenvalue weighted by molar-refractivity contribution is 0.0666. The maximum Gasteiger partial charge on any atom is 0.274 e. The Morgan fingerprint density at radius 3 is 2.92 bits per heavy atom. The maximum absolute atomic E-state index is 13.1. The van der Waals surface area contributed by atoms with E-state index in [2.05, 4.69) is 15.1 Å². The van der Waals surface area contributed by atoms with Crippen molar-refractivity contribution in [2.75, 3.05) is 13.7 Å². The Morgan fingerprint density at radius 2 is 2.20 bits per heavy atom. The van der Waals surface area contributed by atoms with Gasteiger partial charge in [-0.1, -0.05) is 5.16 Å². The molecule has 4 rings (SSSR count). The molecule has 0 unspecified atom stereocenters. The molecule has 1 saturated heterocycles. The van der Waals surface area contributed by atoms with Gasteiger partial charge in [0, 0.05) is 32.5 Å². The van der Waals surface area contributed by atoms with Crippen LogP contribution in [0.5, 0.6) is 0 Å². The molecule has 0 spiro atoms. The van der Waals surface area contributed by atoms with Crippen molar-refractivity contribution in [1.82, 2.24) is 24.4 Å². The molecule has 4 heterocycles. The van der Waals surface area contributed by atoms with E-state index in [9.17, 15) is 4.79 Å². The Kier molecular flexibility index (Phi) is 3.76. The number of fused-ring (bicyclic) bond motifs is 1. The van der Waals surface area contributed by atoms with Gasteiger partial charge in [-0.05, 0) is 31.5 Å². The molecule has 1 fully saturated rings. The van der Waals surface area contributed by atoms with Crippen LogP contribution in [-0.4, -0.2) is 50.1 Å². The van der Waals surface area contributed by atoms with Crippen LogP contribution in [0.3, 0.4) is 0 Å². The summed E-state index contributed by atoms with van der Waals surface area (Å²) < 4.78 is 12.6. The second-order valence-electron chi connectivity index (χ2n) is 6.34. The zero-order valence-electron chi connectivity index (χ0n) is 14.3. The number of nitrogens with zero attached hydrogens (tertiary/aromatic N) is 5. The summed E-state index contributed by atoms with van der Waals surface area (Å²) in [5.74, 6) is 0.818. The molecule has 1 aliphatic rings. The van der Waals surface area contributed by atoms with Gasteiger partial charge in [-0.25, -0.2) is 4.98 Å². The van der Waals surface area contributed by atoms with Gasteiger partial charge in [-0.3, -0.25) is 4.79 Å². The molecule has 25 heavy (non-hydrogen) atoms. The third kappa shape index (κ3) is 2.78. The van der Waals surface area contributed by atoms with Crippen LogP contribution in [0.25, 0.3) is 5.65 Å². The third-order valence-electron chi connectivity index (χ3n) is 4.52. The Labute approximate surface area is 144 Å². The Morgan fingerprint density at radius 1 is 1.36 bits per heavy atom. The zero-order chi connectivity index (χ0) is 17.6. The van der Waals surface area contributed by atoms with Crippen molar-refractivity contribution in [3.63, 3.8) is 0 Å². The number of likely N-dealkylation sites (tertiary alicyclic amines) is 1. The van der Waals surface area contributed by atoms with Gasteiger partial charge in [0.1, 0.15) is 17.4 Å². The number of pyridine rings is 1. The first-order valence-electron chi connectivity index (χ1n) is 8.14. The summed E-state index contributed by atoms with van der Waals surface area (Å²) in [7, 11) is 1.64. The third-order valence-corrected chi connectivity index (χ3v) is 4.52. The van der Waals surface area contributed by atoms with Gasteiger partial charge >= 0.3 is 0 Å². The lowest BCUT2D eigenvalue weighted by Crippen LogP contribution is -2.32. The molecule has 0 aliphatic carbocycles. The van der Waals surface area contributed by atoms with Crippen molar-refractivity contribution in [3.05, 3.63) is 47.5 Å². The van der Waals surface area contributed by atoms with Gasteiger partial charge in [-0.2, -0.15) is 4.98 Å². The topological polar surface area (TPSA) is 85.8 Å². The molecule has 130 valence electrons. The smallest absolute Gasteiger partial charge is 0.274 e. The molecular formula is C17H19N5O3. The molecule has 1 aliphatic heterocycles. The normalized spacial score (nSPS) is 20.5. The second kappa shape index (κ2) is 5.96. The number of imidazole rings is 1. The van der Waals surface area contributed by atoms with E-state index >= 15 is 0 Å². The van der Waals surface area contributed by atoms with Gasteiger partial charge < -0.3 is 18.6 Å². The summed E-state index contributed by atoms with van der Waals surface area (Å²) in [6.07, 6.45) is 4.19. The van der Waals surface area contributed by atoms with Gasteiger partial charge in [0.15, 0.2) is 5.82 Å². The molecule has 0 aromatic carbocycles. The van der Waals surface area contributed by atoms with Crippen molar-refractivity contribution in [3.8, 4) is 0 Å². The highest BCUT2D eigenvalue weighted by molar-refractivity contribution is 5.93. The highest BCUT2D eigenvalue weighted by Gasteiger charge is 2.40. The van der Waals surface area contributed by atoms with Crippen LogP contribution in [0.15, 0.2) is 29.0 Å². The molecule has 0 N–H and O–H groups in total. The van der Waals surface area contributed by atoms with Crippen LogP contribution < -0.4 is 0 Å². The van der Waals surface area contributed by atoms with Crippen LogP contribution in [0.1, 0.15) is 40.2 Å². The molecular weight excluding hydrogens is 322 g/mol. The number of rotatable bonds is 3. The number of carbonyl (C=O) groups is 1. The fraction of sp³-hybridized carbons (Fsp3) is 0.412. The van der Waals surface area contributed by atoms with E-state index in [1.165, 1.54) is 0 Å². The monoisotopic (exact) mass is 341 g/mol. The Hall–Kier alpha value is -2.74. The van der Waals surface area contributed by atoms with Crippen molar-refractivity contribution in [1.29, 1.82) is 0 Å². The molecule has 2 atom stereocenters. The number of aromatic nitrogens is 4. The van der Waals surface area contributed by atoms with Gasteiger partial charge in [0.2, 0.25) is 5.89 Å². The largest absolute Gasteiger partial charge is 0.380 e. The fourth-order valence-corrected chi connectivity index (χ4v) is 3.21. The average molecular weight is 341 g/mol. The van der Waals surface area contributed by atoms with E-state index < -0.39 is 0 Å². The van der Waals surface area contributed by atoms with Gasteiger partial charge in [0.05, 0.1) is 6.10 Å². The molecule has 3 aromatic rings. The number of aryl methyl sites for hydroxylation is 2. The van der Waals surface area contributed by atoms with Crippen LogP contribution in [0.2, 0.25) is 0 Å². The first-order chi connectivity index (χ1) is 12.0. The van der Waals surface area contributed by atoms with E-state index in [0.29, 0.717) is 30.4 Å². The quantitative estimate of drug-likeness (QED) is 0.724. The predicted octanol–water partition coefficient (Wildman–Crippen LogP) is 1.94. The minimum Gasteiger partial charge on any atom is -0.380 e. The zero-order valence-corrected chi connectivity index (χ0v) is 14.3. The van der Waals surface area contributed by atoms with Gasteiger partial charge in [-0.15, -0.1) is 0 Å². The lowest BCUT2D eigenvalue weighted by Gasteiger charge is -2.20. The minimum atomic E-state index is -0.301. The minimum absolute atomic E-state index is 0.0690. The van der Waals surface area contributed by atoms with Crippen LogP contribution in [0.4, 0.5) is 0 Å². The molecule has 0 bridgehead atoms. The van der Waals surface area contributed by atoms with Gasteiger partial charge in [0.25, 0.3) is 5.91 Å². The SMILES string of the molecule is CO[C@@H]1C[C@H](c2nc(C)no2)N(C(=O)c2cn3ccc(C)cc3n2)C1. The van der Waals surface area contributed by atoms with Crippen LogP contribution >= 0.6 is 0 Å². The highest BCUT2D eigenvalue weighted by Crippen LogP contribution is 2.33. The summed E-state index contributed by atoms with van der Waals surface area (Å²) in [4.78, 5) is 23.5. The van der Waals surface area contributed by atoms with E-state index in [1.807, 2.05) is 29.7 Å². The standard InChI is InChI=1S/C17H19N5O3/c1-10-4-5-21-9-13(19-15(21)6-10)17(23)22-8-12(24-3)7-14(22)16-18-11(2)20-25-16/h4-6,9,12,14H,7-8H2,1-3H3/t12-,14-/m1/s1. The highest BCUT2D eigenvalue weighted by atomic mass is 16.5. The molecule has 8 nitrogen and oxygen atoms in total. The Balaban J connectivity index is 1.68. The summed E-state index contributed by atoms with van der Waals surface area (Å²) >= 11 is 0. The van der Waals surface area contributed by atoms with E-state index in [0.717, 1.165) is 11.2 Å². The summed E-state index contributed by atoms with van der Waals surface area (Å²) in [6.45, 7) is 4.22. The first kappa shape index (κ1) is 15.8. The second-order valence-corrected chi connectivity index (χ2v) is 6.34. The van der Waals surface area contributed by atoms with Crippen molar-refractivity contribution in [2.45, 2.75) is 32.4 Å². The number of methoxy groups -OCH3 is 1. The van der Waals surface area contributed by atoms with E-state index in [-0.39, 0.29) is 18.1 Å². The molecule has 0 radical (unpaired) electrons. The maximum atomic E-state index is 13.1. The van der Waals surface area contributed by atoms with Crippen LogP contribution in [0, 0.1) is 13.8 Å². The predicted molar refractivity (Wildman–Crippen MR) is 88.2 cm³/mol. The molecule has 1 amide bonds. The first-order valence-corrected chi connectivity index (χ1v) is 8.14. The number of hydrogen-bond acceptors (Lipinski definition) is 6. The number of amides is 1. The summed E-state index contributed by atoms with van der Waals surface area (Å²) in [5, 5.41) is 3.84. The average Bonchev–Trinajstić information content (AvgIpc) is 3.30. The molecule has 0 saturated carbocycles. The van der Waals surface area contributed by atoms with Crippen molar-refractivity contribution >= 4 is 11.6 Å². The number of carbonyl (C=O) groups excluding carboxylic acids is 1. The van der Waals surface area contributed by atoms with Crippen molar-refractivity contribution in [2.24, 2.45) is 0 Å². The lowest BCUT2D eigenvalue weighted by atomic mass is 10.2. The van der Waals surface area contributed by atoms with Crippen LogP contribution in [-0.2, 0) is 4.74 Å². The van der Waals surface area contributed by atoms with Crippen molar-refractivity contribution < 1.29 is 14.1 Å². The molecule has 8 heteroatoms. The Bertz CT molecular complexity index is 931. The fourth-order valence-electron chi connectivity index (χ4n) is 3.21. The summed E-state index contributed by atoms with van der Waals surface area (Å²) in [5.41, 5.74) is 2.23. The van der Waals surface area contributed by atoms with E-state index in [4.69, 9.17) is 9.26 Å². The molecule has 3 aromatic heterocycles. The van der Waals surface area contributed by atoms with E-state index in [1.54, 1.807) is 25.1 Å².